The molecule has 260 valence electrons. The van der Waals surface area contributed by atoms with Crippen LogP contribution in [0, 0.1) is 11.8 Å². The molecular weight excluding hydrogens is 637 g/mol. The zero-order valence-electron chi connectivity index (χ0n) is 28.5. The van der Waals surface area contributed by atoms with Crippen molar-refractivity contribution in [3.8, 4) is 0 Å². The van der Waals surface area contributed by atoms with E-state index in [1.807, 2.05) is 51.1 Å². The largest absolute Gasteiger partial charge is 0.390 e. The van der Waals surface area contributed by atoms with Gasteiger partial charge < -0.3 is 21.1 Å². The summed E-state index contributed by atoms with van der Waals surface area (Å²) in [4.78, 5) is 42.9. The van der Waals surface area contributed by atoms with Crippen LogP contribution >= 0.6 is 11.3 Å². The molecule has 1 saturated heterocycles. The number of hydrogen-bond donors (Lipinski definition) is 4. The number of benzene rings is 1. The van der Waals surface area contributed by atoms with Crippen LogP contribution in [0.15, 0.2) is 47.2 Å². The summed E-state index contributed by atoms with van der Waals surface area (Å²) in [6.45, 7) is 9.50. The highest BCUT2D eigenvalue weighted by atomic mass is 32.2. The van der Waals surface area contributed by atoms with Crippen LogP contribution in [-0.2, 0) is 25.8 Å². The third kappa shape index (κ3) is 9.64. The van der Waals surface area contributed by atoms with E-state index in [4.69, 9.17) is 0 Å². The van der Waals surface area contributed by atoms with E-state index in [0.717, 1.165) is 37.5 Å². The third-order valence-electron chi connectivity index (χ3n) is 9.79. The standard InChI is InChI=1S/C35H52N4O6S2/c1-34(2,3)38-32(42)28-19-24-14-10-11-15-25(24)20-39(28)21-29(40)27(18-23-12-8-7-9-13-23)36-33(43)30(35(4,5)47(6,44)45)37-31(41)26-16-17-46-22-26/h7-9,12-13,16-17,22,24-25,27-30,40H,10-11,14-15,18-21H2,1-6H3,(H,36,43)(H,37,41)(H,38,42)/t24?,25?,27-,28-,29+,30+/m0/s1. The normalized spacial score (nSPS) is 22.7. The minimum Gasteiger partial charge on any atom is -0.390 e. The number of thiophene rings is 1. The molecule has 6 atom stereocenters. The van der Waals surface area contributed by atoms with E-state index in [0.29, 0.717) is 30.4 Å². The molecule has 0 radical (unpaired) electrons. The Morgan fingerprint density at radius 3 is 2.26 bits per heavy atom. The van der Waals surface area contributed by atoms with Crippen molar-refractivity contribution in [2.45, 2.75) is 108 Å². The number of hydrogen-bond acceptors (Lipinski definition) is 8. The first-order chi connectivity index (χ1) is 22.0. The molecule has 4 rings (SSSR count). The number of piperidine rings is 1. The number of aliphatic hydroxyl groups is 1. The number of aliphatic hydroxyl groups excluding tert-OH is 1. The number of carbonyl (C=O) groups excluding carboxylic acids is 3. The highest BCUT2D eigenvalue weighted by Gasteiger charge is 2.46. The molecule has 2 aliphatic rings. The van der Waals surface area contributed by atoms with E-state index in [1.54, 1.807) is 16.8 Å². The fraction of sp³-hybridized carbons (Fsp3) is 0.629. The van der Waals surface area contributed by atoms with Crippen LogP contribution in [0.4, 0.5) is 0 Å². The highest BCUT2D eigenvalue weighted by Crippen LogP contribution is 2.39. The first kappa shape index (κ1) is 37.0. The number of likely N-dealkylation sites (tertiary alicyclic amines) is 1. The van der Waals surface area contributed by atoms with Crippen molar-refractivity contribution in [2.75, 3.05) is 19.3 Å². The van der Waals surface area contributed by atoms with Crippen molar-refractivity contribution < 1.29 is 27.9 Å². The maximum absolute atomic E-state index is 14.1. The lowest BCUT2D eigenvalue weighted by Gasteiger charge is -2.47. The van der Waals surface area contributed by atoms with Crippen LogP contribution in [0.5, 0.6) is 0 Å². The molecule has 4 N–H and O–H groups in total. The summed E-state index contributed by atoms with van der Waals surface area (Å²) in [6, 6.07) is 8.32. The molecule has 3 amide bonds. The fourth-order valence-corrected chi connectivity index (χ4v) is 8.02. The molecule has 2 aromatic rings. The van der Waals surface area contributed by atoms with Gasteiger partial charge in [-0.25, -0.2) is 8.42 Å². The van der Waals surface area contributed by atoms with Gasteiger partial charge in [0.25, 0.3) is 5.91 Å². The second kappa shape index (κ2) is 15.2. The van der Waals surface area contributed by atoms with Gasteiger partial charge in [0.15, 0.2) is 9.84 Å². The smallest absolute Gasteiger partial charge is 0.252 e. The van der Waals surface area contributed by atoms with E-state index in [9.17, 15) is 27.9 Å². The summed E-state index contributed by atoms with van der Waals surface area (Å²) in [5.41, 5.74) is 0.776. The molecule has 2 heterocycles. The Kier molecular flexibility index (Phi) is 12.0. The zero-order chi connectivity index (χ0) is 34.6. The number of nitrogens with zero attached hydrogens (tertiary/aromatic N) is 1. The number of amides is 3. The van der Waals surface area contributed by atoms with Gasteiger partial charge in [-0.05, 0) is 82.7 Å². The summed E-state index contributed by atoms with van der Waals surface area (Å²) in [7, 11) is -3.83. The van der Waals surface area contributed by atoms with Crippen LogP contribution in [-0.4, -0.2) is 90.0 Å². The molecule has 1 aromatic heterocycles. The van der Waals surface area contributed by atoms with E-state index in [2.05, 4.69) is 20.9 Å². The van der Waals surface area contributed by atoms with Gasteiger partial charge >= 0.3 is 0 Å². The number of nitrogens with one attached hydrogen (secondary N) is 3. The molecule has 2 fully saturated rings. The second-order valence-electron chi connectivity index (χ2n) is 14.9. The molecule has 0 spiro atoms. The molecule has 1 aliphatic heterocycles. The Morgan fingerprint density at radius 2 is 1.66 bits per heavy atom. The average Bonchev–Trinajstić information content (AvgIpc) is 3.53. The lowest BCUT2D eigenvalue weighted by molar-refractivity contribution is -0.133. The van der Waals surface area contributed by atoms with Gasteiger partial charge in [0.2, 0.25) is 11.8 Å². The van der Waals surface area contributed by atoms with Crippen molar-refractivity contribution >= 4 is 38.9 Å². The molecule has 2 unspecified atom stereocenters. The molecule has 47 heavy (non-hydrogen) atoms. The number of β-amino-alcohol motifs (C(OH)–C–C–N with tert-alkyl or cyclic N) is 1. The van der Waals surface area contributed by atoms with Gasteiger partial charge in [0.1, 0.15) is 6.04 Å². The van der Waals surface area contributed by atoms with Crippen LogP contribution < -0.4 is 16.0 Å². The van der Waals surface area contributed by atoms with E-state index in [-0.39, 0.29) is 18.9 Å². The molecule has 1 aromatic carbocycles. The summed E-state index contributed by atoms with van der Waals surface area (Å²) in [5, 5.41) is 24.0. The Bertz CT molecular complexity index is 1470. The van der Waals surface area contributed by atoms with Gasteiger partial charge in [-0.3, -0.25) is 19.3 Å². The van der Waals surface area contributed by atoms with Crippen molar-refractivity contribution in [3.63, 3.8) is 0 Å². The van der Waals surface area contributed by atoms with Crippen molar-refractivity contribution in [2.24, 2.45) is 11.8 Å². The quantitative estimate of drug-likeness (QED) is 0.267. The molecule has 1 saturated carbocycles. The molecule has 0 bridgehead atoms. The monoisotopic (exact) mass is 688 g/mol. The highest BCUT2D eigenvalue weighted by molar-refractivity contribution is 7.92. The molecule has 10 nitrogen and oxygen atoms in total. The minimum atomic E-state index is -3.83. The maximum Gasteiger partial charge on any atom is 0.252 e. The van der Waals surface area contributed by atoms with Crippen LogP contribution in [0.3, 0.4) is 0 Å². The first-order valence-corrected chi connectivity index (χ1v) is 19.4. The fourth-order valence-electron chi connectivity index (χ4n) is 6.79. The van der Waals surface area contributed by atoms with Gasteiger partial charge in [-0.2, -0.15) is 11.3 Å². The summed E-state index contributed by atoms with van der Waals surface area (Å²) in [5.74, 6) is -0.450. The van der Waals surface area contributed by atoms with E-state index in [1.165, 1.54) is 25.2 Å². The van der Waals surface area contributed by atoms with E-state index >= 15 is 0 Å². The van der Waals surface area contributed by atoms with Gasteiger partial charge in [-0.1, -0.05) is 49.6 Å². The third-order valence-corrected chi connectivity index (χ3v) is 12.6. The van der Waals surface area contributed by atoms with Gasteiger partial charge in [0, 0.05) is 30.3 Å². The Hall–Kier alpha value is -2.80. The van der Waals surface area contributed by atoms with Crippen LogP contribution in [0.2, 0.25) is 0 Å². The SMILES string of the molecule is CC(C)(C)NC(=O)[C@@H]1CC2CCCCC2CN1C[C@@H](O)[C@H](Cc1ccccc1)NC(=O)[C@@H](NC(=O)c1ccsc1)C(C)(C)S(C)(=O)=O. The van der Waals surface area contributed by atoms with Crippen molar-refractivity contribution in [3.05, 3.63) is 58.3 Å². The molecule has 1 aliphatic carbocycles. The van der Waals surface area contributed by atoms with Crippen LogP contribution in [0.25, 0.3) is 0 Å². The summed E-state index contributed by atoms with van der Waals surface area (Å²) >= 11 is 1.31. The topological polar surface area (TPSA) is 145 Å². The maximum atomic E-state index is 14.1. The lowest BCUT2D eigenvalue weighted by Crippen LogP contribution is -2.64. The predicted octanol–water partition coefficient (Wildman–Crippen LogP) is 3.55. The Labute approximate surface area is 284 Å². The number of fused-ring (bicyclic) bond motifs is 1. The summed E-state index contributed by atoms with van der Waals surface area (Å²) < 4.78 is 24.2. The second-order valence-corrected chi connectivity index (χ2v) is 18.3. The predicted molar refractivity (Wildman–Crippen MR) is 186 cm³/mol. The Morgan fingerprint density at radius 1 is 1.00 bits per heavy atom. The lowest BCUT2D eigenvalue weighted by atomic mass is 9.72. The van der Waals surface area contributed by atoms with Crippen molar-refractivity contribution in [1.82, 2.24) is 20.9 Å². The van der Waals surface area contributed by atoms with Gasteiger partial charge in [0.05, 0.1) is 28.5 Å². The zero-order valence-corrected chi connectivity index (χ0v) is 30.1. The minimum absolute atomic E-state index is 0.0662. The van der Waals surface area contributed by atoms with Crippen molar-refractivity contribution in [1.29, 1.82) is 0 Å². The number of sulfone groups is 1. The first-order valence-electron chi connectivity index (χ1n) is 16.6. The Balaban J connectivity index is 1.62. The van der Waals surface area contributed by atoms with E-state index < -0.39 is 56.2 Å². The molecule has 12 heteroatoms. The number of carbonyl (C=O) groups is 3. The summed E-state index contributed by atoms with van der Waals surface area (Å²) in [6.07, 6.45) is 5.42. The number of rotatable bonds is 12. The average molecular weight is 689 g/mol. The molecular formula is C35H52N4O6S2. The van der Waals surface area contributed by atoms with Gasteiger partial charge in [-0.15, -0.1) is 0 Å². The van der Waals surface area contributed by atoms with Crippen LogP contribution in [0.1, 0.15) is 82.6 Å².